The molecule has 5 nitrogen and oxygen atoms in total. The van der Waals surface area contributed by atoms with Crippen molar-refractivity contribution in [1.29, 1.82) is 0 Å². The maximum atomic E-state index is 12.9. The Kier molecular flexibility index (Phi) is 5.49. The van der Waals surface area contributed by atoms with Crippen molar-refractivity contribution in [2.24, 2.45) is 0 Å². The summed E-state index contributed by atoms with van der Waals surface area (Å²) in [5.41, 5.74) is 0.00965. The number of aliphatic carboxylic acids is 1. The van der Waals surface area contributed by atoms with Crippen molar-refractivity contribution in [2.45, 2.75) is 32.7 Å². The van der Waals surface area contributed by atoms with E-state index in [1.165, 1.54) is 11.0 Å². The molecule has 1 rings (SSSR count). The average molecular weight is 283 g/mol. The Labute approximate surface area is 116 Å². The molecule has 20 heavy (non-hydrogen) atoms. The van der Waals surface area contributed by atoms with Gasteiger partial charge in [-0.25, -0.2) is 4.39 Å². The van der Waals surface area contributed by atoms with E-state index in [2.05, 4.69) is 0 Å². The molecule has 0 spiro atoms. The van der Waals surface area contributed by atoms with Crippen LogP contribution in [0.4, 0.5) is 4.39 Å². The van der Waals surface area contributed by atoms with Crippen LogP contribution in [0.15, 0.2) is 18.2 Å². The number of nitrogens with zero attached hydrogens (tertiary/aromatic N) is 1. The molecule has 0 saturated carbocycles. The van der Waals surface area contributed by atoms with Gasteiger partial charge in [-0.05, 0) is 32.4 Å². The number of hydrogen-bond acceptors (Lipinski definition) is 3. The van der Waals surface area contributed by atoms with Crippen LogP contribution in [0.2, 0.25) is 0 Å². The molecule has 2 N–H and O–H groups in total. The Morgan fingerprint density at radius 1 is 1.35 bits per heavy atom. The van der Waals surface area contributed by atoms with Gasteiger partial charge < -0.3 is 15.1 Å². The zero-order valence-corrected chi connectivity index (χ0v) is 11.5. The molecular weight excluding hydrogens is 265 g/mol. The van der Waals surface area contributed by atoms with E-state index in [0.29, 0.717) is 6.42 Å². The van der Waals surface area contributed by atoms with E-state index in [0.717, 1.165) is 12.1 Å². The lowest BCUT2D eigenvalue weighted by atomic mass is 10.1. The van der Waals surface area contributed by atoms with E-state index in [-0.39, 0.29) is 24.6 Å². The van der Waals surface area contributed by atoms with Crippen LogP contribution in [0.5, 0.6) is 5.75 Å². The summed E-state index contributed by atoms with van der Waals surface area (Å²) in [6, 6.07) is 3.05. The third kappa shape index (κ3) is 4.22. The molecule has 0 aliphatic rings. The van der Waals surface area contributed by atoms with Crippen LogP contribution in [-0.2, 0) is 4.79 Å². The first-order valence-corrected chi connectivity index (χ1v) is 6.34. The largest absolute Gasteiger partial charge is 0.507 e. The highest BCUT2D eigenvalue weighted by Gasteiger charge is 2.21. The number of halogens is 1. The number of benzene rings is 1. The Balaban J connectivity index is 2.85. The summed E-state index contributed by atoms with van der Waals surface area (Å²) in [6.45, 7) is 3.85. The molecule has 0 aliphatic carbocycles. The molecule has 1 amide bonds. The molecular formula is C14H18FNO4. The predicted octanol–water partition coefficient (Wildman–Crippen LogP) is 2.25. The first-order chi connectivity index (χ1) is 9.32. The number of rotatable bonds is 6. The molecule has 1 aromatic carbocycles. The molecule has 6 heteroatoms. The number of phenols is 1. The Morgan fingerprint density at radius 3 is 2.50 bits per heavy atom. The molecule has 0 fully saturated rings. The first kappa shape index (κ1) is 15.9. The van der Waals surface area contributed by atoms with Gasteiger partial charge in [0.25, 0.3) is 5.91 Å². The van der Waals surface area contributed by atoms with Crippen molar-refractivity contribution >= 4 is 11.9 Å². The van der Waals surface area contributed by atoms with E-state index in [1.807, 2.05) is 0 Å². The summed E-state index contributed by atoms with van der Waals surface area (Å²) in [4.78, 5) is 24.2. The number of carboxylic acid groups (broad SMARTS) is 1. The summed E-state index contributed by atoms with van der Waals surface area (Å²) >= 11 is 0. The van der Waals surface area contributed by atoms with Crippen molar-refractivity contribution in [1.82, 2.24) is 4.90 Å². The van der Waals surface area contributed by atoms with E-state index in [1.54, 1.807) is 13.8 Å². The third-order valence-electron chi connectivity index (χ3n) is 2.86. The number of amides is 1. The summed E-state index contributed by atoms with van der Waals surface area (Å²) in [7, 11) is 0. The number of carbonyl (C=O) groups is 2. The molecule has 0 unspecified atom stereocenters. The van der Waals surface area contributed by atoms with Gasteiger partial charge in [-0.2, -0.15) is 0 Å². The summed E-state index contributed by atoms with van der Waals surface area (Å²) in [6.07, 6.45) is 0.285. The minimum absolute atomic E-state index is 0.00965. The van der Waals surface area contributed by atoms with Crippen molar-refractivity contribution in [2.75, 3.05) is 6.54 Å². The fourth-order valence-electron chi connectivity index (χ4n) is 1.84. The van der Waals surface area contributed by atoms with Crippen molar-refractivity contribution in [3.05, 3.63) is 29.6 Å². The fraction of sp³-hybridized carbons (Fsp3) is 0.429. The van der Waals surface area contributed by atoms with Gasteiger partial charge in [-0.1, -0.05) is 0 Å². The van der Waals surface area contributed by atoms with E-state index < -0.39 is 23.4 Å². The highest BCUT2D eigenvalue weighted by Crippen LogP contribution is 2.21. The molecule has 0 saturated heterocycles. The standard InChI is InChI=1S/C14H18FNO4/c1-9(2)16(7-3-4-13(18)19)14(20)11-6-5-10(15)8-12(11)17/h5-6,8-9,17H,3-4,7H2,1-2H3,(H,18,19). The van der Waals surface area contributed by atoms with Gasteiger partial charge in [0.15, 0.2) is 0 Å². The second-order valence-corrected chi connectivity index (χ2v) is 4.75. The lowest BCUT2D eigenvalue weighted by molar-refractivity contribution is -0.137. The second kappa shape index (κ2) is 6.88. The van der Waals surface area contributed by atoms with Gasteiger partial charge in [0.05, 0.1) is 5.56 Å². The summed E-state index contributed by atoms with van der Waals surface area (Å²) in [5.74, 6) is -2.41. The van der Waals surface area contributed by atoms with E-state index >= 15 is 0 Å². The molecule has 110 valence electrons. The molecule has 0 bridgehead atoms. The van der Waals surface area contributed by atoms with Gasteiger partial charge in [0.1, 0.15) is 11.6 Å². The Hall–Kier alpha value is -2.11. The minimum atomic E-state index is -0.925. The number of phenolic OH excluding ortho intramolecular Hbond substituents is 1. The zero-order chi connectivity index (χ0) is 15.3. The van der Waals surface area contributed by atoms with Crippen LogP contribution in [-0.4, -0.2) is 39.6 Å². The number of carboxylic acids is 1. The average Bonchev–Trinajstić information content (AvgIpc) is 2.33. The van der Waals surface area contributed by atoms with E-state index in [4.69, 9.17) is 5.11 Å². The fourth-order valence-corrected chi connectivity index (χ4v) is 1.84. The molecule has 0 atom stereocenters. The van der Waals surface area contributed by atoms with E-state index in [9.17, 15) is 19.1 Å². The number of carbonyl (C=O) groups excluding carboxylic acids is 1. The first-order valence-electron chi connectivity index (χ1n) is 6.34. The summed E-state index contributed by atoms with van der Waals surface area (Å²) in [5, 5.41) is 18.2. The van der Waals surface area contributed by atoms with Gasteiger partial charge in [0.2, 0.25) is 0 Å². The van der Waals surface area contributed by atoms with Crippen molar-refractivity contribution < 1.29 is 24.2 Å². The highest BCUT2D eigenvalue weighted by molar-refractivity contribution is 5.97. The van der Waals surface area contributed by atoms with Crippen LogP contribution in [0.25, 0.3) is 0 Å². The Morgan fingerprint density at radius 2 is 2.00 bits per heavy atom. The normalized spacial score (nSPS) is 10.6. The Bertz CT molecular complexity index is 502. The number of aromatic hydroxyl groups is 1. The van der Waals surface area contributed by atoms with Crippen LogP contribution in [0, 0.1) is 5.82 Å². The quantitative estimate of drug-likeness (QED) is 0.839. The molecule has 0 aliphatic heterocycles. The van der Waals surface area contributed by atoms with Crippen LogP contribution < -0.4 is 0 Å². The maximum absolute atomic E-state index is 12.9. The van der Waals surface area contributed by atoms with Gasteiger partial charge in [0, 0.05) is 25.1 Å². The molecule has 0 heterocycles. The molecule has 0 radical (unpaired) electrons. The lowest BCUT2D eigenvalue weighted by Gasteiger charge is -2.27. The maximum Gasteiger partial charge on any atom is 0.303 e. The topological polar surface area (TPSA) is 77.8 Å². The predicted molar refractivity (Wildman–Crippen MR) is 71.1 cm³/mol. The van der Waals surface area contributed by atoms with Gasteiger partial charge in [-0.3, -0.25) is 9.59 Å². The van der Waals surface area contributed by atoms with Gasteiger partial charge in [-0.15, -0.1) is 0 Å². The van der Waals surface area contributed by atoms with Gasteiger partial charge >= 0.3 is 5.97 Å². The SMILES string of the molecule is CC(C)N(CCCC(=O)O)C(=O)c1ccc(F)cc1O. The smallest absolute Gasteiger partial charge is 0.303 e. The highest BCUT2D eigenvalue weighted by atomic mass is 19.1. The zero-order valence-electron chi connectivity index (χ0n) is 11.5. The second-order valence-electron chi connectivity index (χ2n) is 4.75. The monoisotopic (exact) mass is 283 g/mol. The third-order valence-corrected chi connectivity index (χ3v) is 2.86. The number of hydrogen-bond donors (Lipinski definition) is 2. The van der Waals surface area contributed by atoms with Crippen molar-refractivity contribution in [3.8, 4) is 5.75 Å². The van der Waals surface area contributed by atoms with Crippen molar-refractivity contribution in [3.63, 3.8) is 0 Å². The van der Waals surface area contributed by atoms with Crippen LogP contribution in [0.1, 0.15) is 37.0 Å². The molecule has 1 aromatic rings. The summed E-state index contributed by atoms with van der Waals surface area (Å²) < 4.78 is 12.9. The minimum Gasteiger partial charge on any atom is -0.507 e. The van der Waals surface area contributed by atoms with Crippen LogP contribution in [0.3, 0.4) is 0 Å². The van der Waals surface area contributed by atoms with Crippen LogP contribution >= 0.6 is 0 Å². The lowest BCUT2D eigenvalue weighted by Crippen LogP contribution is -2.38. The molecule has 0 aromatic heterocycles.